The molecule has 0 spiro atoms. The minimum Gasteiger partial charge on any atom is -0.480 e. The van der Waals surface area contributed by atoms with E-state index in [0.717, 1.165) is 6.42 Å². The van der Waals surface area contributed by atoms with Crippen LogP contribution < -0.4 is 27.4 Å². The second-order valence-electron chi connectivity index (χ2n) is 7.67. The van der Waals surface area contributed by atoms with E-state index in [0.29, 0.717) is 31.6 Å². The summed E-state index contributed by atoms with van der Waals surface area (Å²) in [7, 11) is 0. The smallest absolute Gasteiger partial charge is 0.326 e. The molecule has 0 aliphatic rings. The number of nitrogens with one attached hydrogen (secondary N) is 3. The van der Waals surface area contributed by atoms with Crippen molar-refractivity contribution in [1.82, 2.24) is 16.0 Å². The largest absolute Gasteiger partial charge is 0.480 e. The number of carboxylic acid groups (broad SMARTS) is 1. The molecule has 31 heavy (non-hydrogen) atoms. The molecule has 0 rings (SSSR count). The number of rotatable bonds is 16. The molecule has 10 nitrogen and oxygen atoms in total. The van der Waals surface area contributed by atoms with Gasteiger partial charge in [0.2, 0.25) is 17.7 Å². The zero-order valence-corrected chi connectivity index (χ0v) is 19.8. The van der Waals surface area contributed by atoms with E-state index < -0.39 is 47.9 Å². The minimum atomic E-state index is -1.14. The van der Waals surface area contributed by atoms with Crippen LogP contribution in [0.3, 0.4) is 0 Å². The van der Waals surface area contributed by atoms with Crippen molar-refractivity contribution in [1.29, 1.82) is 0 Å². The topological polar surface area (TPSA) is 177 Å². The number of nitrogens with two attached hydrogens (primary N) is 2. The molecule has 8 N–H and O–H groups in total. The van der Waals surface area contributed by atoms with Gasteiger partial charge in [0.05, 0.1) is 6.04 Å². The molecule has 0 saturated carbocycles. The lowest BCUT2D eigenvalue weighted by atomic mass is 9.99. The van der Waals surface area contributed by atoms with E-state index in [2.05, 4.69) is 16.0 Å². The molecule has 0 aromatic carbocycles. The summed E-state index contributed by atoms with van der Waals surface area (Å²) in [6.45, 7) is 5.72. The quantitative estimate of drug-likeness (QED) is 0.171. The summed E-state index contributed by atoms with van der Waals surface area (Å²) in [5.41, 5.74) is 11.3. The third-order valence-corrected chi connectivity index (χ3v) is 5.76. The van der Waals surface area contributed by atoms with Gasteiger partial charge in [-0.25, -0.2) is 4.79 Å². The van der Waals surface area contributed by atoms with Gasteiger partial charge in [-0.05, 0) is 57.1 Å². The van der Waals surface area contributed by atoms with Crippen LogP contribution in [-0.2, 0) is 19.2 Å². The first-order valence-corrected chi connectivity index (χ1v) is 12.1. The highest BCUT2D eigenvalue weighted by atomic mass is 32.2. The SMILES string of the molecule is CCC(C)C(N)C(=O)NC(C)C(=O)NC(CCSC)C(=O)NC(CCCCN)C(=O)O. The minimum absolute atomic E-state index is 0.0393. The van der Waals surface area contributed by atoms with E-state index >= 15 is 0 Å². The van der Waals surface area contributed by atoms with E-state index in [1.165, 1.54) is 18.7 Å². The Morgan fingerprint density at radius 2 is 1.55 bits per heavy atom. The highest BCUT2D eigenvalue weighted by Crippen LogP contribution is 2.07. The third kappa shape index (κ3) is 11.4. The number of hydrogen-bond acceptors (Lipinski definition) is 7. The molecule has 0 aromatic heterocycles. The highest BCUT2D eigenvalue weighted by molar-refractivity contribution is 7.98. The Balaban J connectivity index is 5.04. The first kappa shape index (κ1) is 29.1. The van der Waals surface area contributed by atoms with Crippen LogP contribution >= 0.6 is 11.8 Å². The summed E-state index contributed by atoms with van der Waals surface area (Å²) in [6, 6.07) is -3.61. The Labute approximate surface area is 189 Å². The van der Waals surface area contributed by atoms with Crippen molar-refractivity contribution < 1.29 is 24.3 Å². The number of carboxylic acids is 1. The Bertz CT molecular complexity index is 592. The molecule has 180 valence electrons. The molecule has 5 unspecified atom stereocenters. The molecular formula is C20H39N5O5S. The summed E-state index contributed by atoms with van der Waals surface area (Å²) in [6.07, 6.45) is 4.38. The lowest BCUT2D eigenvalue weighted by Gasteiger charge is -2.24. The van der Waals surface area contributed by atoms with Crippen molar-refractivity contribution in [3.63, 3.8) is 0 Å². The van der Waals surface area contributed by atoms with Gasteiger partial charge < -0.3 is 32.5 Å². The summed E-state index contributed by atoms with van der Waals surface area (Å²) < 4.78 is 0. The summed E-state index contributed by atoms with van der Waals surface area (Å²) in [5, 5.41) is 17.1. The number of carbonyl (C=O) groups excluding carboxylic acids is 3. The molecule has 0 heterocycles. The van der Waals surface area contributed by atoms with Crippen molar-refractivity contribution in [2.45, 2.75) is 77.0 Å². The number of aliphatic carboxylic acids is 1. The number of unbranched alkanes of at least 4 members (excludes halogenated alkanes) is 1. The molecule has 0 saturated heterocycles. The van der Waals surface area contributed by atoms with Gasteiger partial charge in [0.25, 0.3) is 0 Å². The first-order chi connectivity index (χ1) is 14.6. The van der Waals surface area contributed by atoms with E-state index in [1.807, 2.05) is 20.1 Å². The zero-order chi connectivity index (χ0) is 24.0. The van der Waals surface area contributed by atoms with Gasteiger partial charge >= 0.3 is 5.97 Å². The molecule has 0 radical (unpaired) electrons. The maximum absolute atomic E-state index is 12.7. The first-order valence-electron chi connectivity index (χ1n) is 10.7. The van der Waals surface area contributed by atoms with Crippen LogP contribution in [0.1, 0.15) is 52.9 Å². The van der Waals surface area contributed by atoms with Gasteiger partial charge in [-0.3, -0.25) is 14.4 Å². The maximum atomic E-state index is 12.7. The molecule has 0 aliphatic heterocycles. The van der Waals surface area contributed by atoms with Crippen LogP contribution in [0.25, 0.3) is 0 Å². The van der Waals surface area contributed by atoms with Crippen molar-refractivity contribution in [2.24, 2.45) is 17.4 Å². The van der Waals surface area contributed by atoms with Crippen molar-refractivity contribution >= 4 is 35.5 Å². The Kier molecular flexibility index (Phi) is 14.9. The van der Waals surface area contributed by atoms with Crippen LogP contribution in [0, 0.1) is 5.92 Å². The van der Waals surface area contributed by atoms with Crippen LogP contribution in [0.5, 0.6) is 0 Å². The average Bonchev–Trinajstić information content (AvgIpc) is 2.74. The Hall–Kier alpha value is -1.85. The fourth-order valence-electron chi connectivity index (χ4n) is 2.71. The van der Waals surface area contributed by atoms with E-state index in [4.69, 9.17) is 11.5 Å². The van der Waals surface area contributed by atoms with Gasteiger partial charge in [0.1, 0.15) is 18.1 Å². The van der Waals surface area contributed by atoms with Crippen LogP contribution in [-0.4, -0.2) is 71.5 Å². The van der Waals surface area contributed by atoms with E-state index in [-0.39, 0.29) is 12.3 Å². The van der Waals surface area contributed by atoms with E-state index in [1.54, 1.807) is 0 Å². The summed E-state index contributed by atoms with van der Waals surface area (Å²) >= 11 is 1.50. The predicted octanol–water partition coefficient (Wildman–Crippen LogP) is -0.199. The number of thioether (sulfide) groups is 1. The Morgan fingerprint density at radius 1 is 0.935 bits per heavy atom. The lowest BCUT2D eigenvalue weighted by molar-refractivity contribution is -0.142. The van der Waals surface area contributed by atoms with E-state index in [9.17, 15) is 24.3 Å². The number of hydrogen-bond donors (Lipinski definition) is 6. The number of carbonyl (C=O) groups is 4. The van der Waals surface area contributed by atoms with Crippen molar-refractivity contribution in [3.05, 3.63) is 0 Å². The van der Waals surface area contributed by atoms with Gasteiger partial charge in [-0.1, -0.05) is 20.3 Å². The molecule has 0 fully saturated rings. The van der Waals surface area contributed by atoms with Crippen LogP contribution in [0.2, 0.25) is 0 Å². The maximum Gasteiger partial charge on any atom is 0.326 e. The monoisotopic (exact) mass is 461 g/mol. The molecule has 0 aromatic rings. The summed E-state index contributed by atoms with van der Waals surface area (Å²) in [5.74, 6) is -2.14. The van der Waals surface area contributed by atoms with Crippen molar-refractivity contribution in [2.75, 3.05) is 18.6 Å². The van der Waals surface area contributed by atoms with Crippen molar-refractivity contribution in [3.8, 4) is 0 Å². The predicted molar refractivity (Wildman–Crippen MR) is 122 cm³/mol. The van der Waals surface area contributed by atoms with Crippen LogP contribution in [0.15, 0.2) is 0 Å². The second-order valence-corrected chi connectivity index (χ2v) is 8.65. The third-order valence-electron chi connectivity index (χ3n) is 5.12. The lowest BCUT2D eigenvalue weighted by Crippen LogP contribution is -2.57. The highest BCUT2D eigenvalue weighted by Gasteiger charge is 2.29. The normalized spacial score (nSPS) is 15.8. The van der Waals surface area contributed by atoms with Gasteiger partial charge in [-0.2, -0.15) is 11.8 Å². The van der Waals surface area contributed by atoms with Gasteiger partial charge in [-0.15, -0.1) is 0 Å². The average molecular weight is 462 g/mol. The molecule has 0 aliphatic carbocycles. The van der Waals surface area contributed by atoms with Gasteiger partial charge in [0.15, 0.2) is 0 Å². The van der Waals surface area contributed by atoms with Crippen LogP contribution in [0.4, 0.5) is 0 Å². The molecular weight excluding hydrogens is 422 g/mol. The molecule has 11 heteroatoms. The summed E-state index contributed by atoms with van der Waals surface area (Å²) in [4.78, 5) is 48.9. The Morgan fingerprint density at radius 3 is 2.06 bits per heavy atom. The fourth-order valence-corrected chi connectivity index (χ4v) is 3.18. The van der Waals surface area contributed by atoms with Gasteiger partial charge in [0, 0.05) is 0 Å². The molecule has 3 amide bonds. The number of amides is 3. The zero-order valence-electron chi connectivity index (χ0n) is 19.0. The molecule has 0 bridgehead atoms. The molecule has 5 atom stereocenters. The fraction of sp³-hybridized carbons (Fsp3) is 0.800. The second kappa shape index (κ2) is 15.9. The standard InChI is InChI=1S/C20H39N5O5S/c1-5-12(2)16(22)19(28)23-13(3)17(26)24-14(9-11-31-4)18(27)25-15(20(29)30)8-6-7-10-21/h12-16H,5-11,21-22H2,1-4H3,(H,23,28)(H,24,26)(H,25,27)(H,29,30).